The quantitative estimate of drug-likeness (QED) is 0.270. The van der Waals surface area contributed by atoms with Crippen molar-refractivity contribution in [1.82, 2.24) is 14.5 Å². The molecule has 2 aromatic carbocycles. The predicted octanol–water partition coefficient (Wildman–Crippen LogP) is 4.70. The molecule has 0 amide bonds. The van der Waals surface area contributed by atoms with Crippen molar-refractivity contribution >= 4 is 44.6 Å². The fourth-order valence-electron chi connectivity index (χ4n) is 3.28. The first-order chi connectivity index (χ1) is 12.2. The van der Waals surface area contributed by atoms with E-state index in [1.54, 1.807) is 10.8 Å². The van der Waals surface area contributed by atoms with Gasteiger partial charge in [0.15, 0.2) is 0 Å². The standard InChI is InChI=1S/C19H16N4O2.BrH/c24-23(25)19-20-10-12-22(19)11-4-7-14-6-3-9-17-18(14)16-8-2-1-5-15(16)13-21-17;/h1-3,5-6,8-10,12-13H,4,7,11H2;1H. The van der Waals surface area contributed by atoms with E-state index in [9.17, 15) is 10.1 Å². The van der Waals surface area contributed by atoms with Gasteiger partial charge in [-0.1, -0.05) is 41.4 Å². The van der Waals surface area contributed by atoms with E-state index in [0.29, 0.717) is 6.54 Å². The lowest BCUT2D eigenvalue weighted by molar-refractivity contribution is -0.396. The van der Waals surface area contributed by atoms with Crippen LogP contribution in [0.2, 0.25) is 0 Å². The fourth-order valence-corrected chi connectivity index (χ4v) is 3.28. The highest BCUT2D eigenvalue weighted by Gasteiger charge is 2.14. The molecule has 4 aromatic rings. The molecule has 132 valence electrons. The summed E-state index contributed by atoms with van der Waals surface area (Å²) in [6.07, 6.45) is 6.63. The summed E-state index contributed by atoms with van der Waals surface area (Å²) >= 11 is 0. The third-order valence-electron chi connectivity index (χ3n) is 4.40. The molecule has 0 atom stereocenters. The number of rotatable bonds is 5. The molecule has 0 radical (unpaired) electrons. The lowest BCUT2D eigenvalue weighted by atomic mass is 9.99. The molecule has 0 N–H and O–H groups in total. The van der Waals surface area contributed by atoms with Gasteiger partial charge >= 0.3 is 5.95 Å². The van der Waals surface area contributed by atoms with Gasteiger partial charge in [-0.15, -0.1) is 17.0 Å². The van der Waals surface area contributed by atoms with E-state index < -0.39 is 4.92 Å². The Morgan fingerprint density at radius 2 is 1.92 bits per heavy atom. The van der Waals surface area contributed by atoms with E-state index in [1.165, 1.54) is 22.5 Å². The SMILES string of the molecule is Br.O=[N+]([O-])c1nccn1CCCc1cccc2ncc3ccccc3c12. The summed E-state index contributed by atoms with van der Waals surface area (Å²) in [5.41, 5.74) is 2.19. The van der Waals surface area contributed by atoms with Crippen LogP contribution in [0.1, 0.15) is 12.0 Å². The second-order valence-corrected chi connectivity index (χ2v) is 5.94. The van der Waals surface area contributed by atoms with E-state index in [4.69, 9.17) is 0 Å². The van der Waals surface area contributed by atoms with Crippen LogP contribution in [-0.4, -0.2) is 19.5 Å². The van der Waals surface area contributed by atoms with Gasteiger partial charge in [-0.2, -0.15) is 0 Å². The Labute approximate surface area is 160 Å². The van der Waals surface area contributed by atoms with Crippen LogP contribution in [0.25, 0.3) is 21.7 Å². The molecular weight excluding hydrogens is 396 g/mol. The molecule has 0 fully saturated rings. The van der Waals surface area contributed by atoms with E-state index in [0.717, 1.165) is 23.7 Å². The Balaban J connectivity index is 0.00000196. The predicted molar refractivity (Wildman–Crippen MR) is 107 cm³/mol. The van der Waals surface area contributed by atoms with Crippen molar-refractivity contribution in [2.75, 3.05) is 0 Å². The Bertz CT molecular complexity index is 1080. The minimum Gasteiger partial charge on any atom is -0.390 e. The Morgan fingerprint density at radius 1 is 1.08 bits per heavy atom. The first-order valence-corrected chi connectivity index (χ1v) is 8.15. The van der Waals surface area contributed by atoms with Gasteiger partial charge in [0, 0.05) is 17.0 Å². The fraction of sp³-hybridized carbons (Fsp3) is 0.158. The van der Waals surface area contributed by atoms with Crippen molar-refractivity contribution in [2.45, 2.75) is 19.4 Å². The molecule has 0 aliphatic heterocycles. The number of hydrogen-bond donors (Lipinski definition) is 0. The molecule has 0 saturated carbocycles. The summed E-state index contributed by atoms with van der Waals surface area (Å²) in [6.45, 7) is 0.560. The van der Waals surface area contributed by atoms with Gasteiger partial charge in [0.1, 0.15) is 12.4 Å². The van der Waals surface area contributed by atoms with Crippen LogP contribution in [0, 0.1) is 10.1 Å². The average molecular weight is 413 g/mol. The molecule has 0 aliphatic rings. The minimum atomic E-state index is -0.449. The number of nitro groups is 1. The summed E-state index contributed by atoms with van der Waals surface area (Å²) in [4.78, 5) is 18.8. The number of hydrogen-bond acceptors (Lipinski definition) is 4. The molecule has 7 heteroatoms. The van der Waals surface area contributed by atoms with E-state index in [-0.39, 0.29) is 22.9 Å². The van der Waals surface area contributed by atoms with Crippen LogP contribution in [0.15, 0.2) is 61.1 Å². The highest BCUT2D eigenvalue weighted by molar-refractivity contribution is 8.93. The van der Waals surface area contributed by atoms with Crippen LogP contribution < -0.4 is 0 Å². The molecule has 26 heavy (non-hydrogen) atoms. The summed E-state index contributed by atoms with van der Waals surface area (Å²) in [7, 11) is 0. The number of imidazole rings is 1. The first-order valence-electron chi connectivity index (χ1n) is 8.15. The van der Waals surface area contributed by atoms with Crippen LogP contribution in [0.5, 0.6) is 0 Å². The third kappa shape index (κ3) is 3.30. The average Bonchev–Trinajstić information content (AvgIpc) is 3.10. The van der Waals surface area contributed by atoms with Crippen LogP contribution in [0.3, 0.4) is 0 Å². The monoisotopic (exact) mass is 412 g/mol. The van der Waals surface area contributed by atoms with Gasteiger partial charge < -0.3 is 10.1 Å². The summed E-state index contributed by atoms with van der Waals surface area (Å²) in [5, 5.41) is 14.4. The van der Waals surface area contributed by atoms with Crippen molar-refractivity contribution in [1.29, 1.82) is 0 Å². The van der Waals surface area contributed by atoms with Crippen molar-refractivity contribution in [3.8, 4) is 0 Å². The van der Waals surface area contributed by atoms with Gasteiger partial charge in [0.25, 0.3) is 0 Å². The number of halogens is 1. The van der Waals surface area contributed by atoms with Crippen LogP contribution in [-0.2, 0) is 13.0 Å². The lowest BCUT2D eigenvalue weighted by Gasteiger charge is -2.09. The number of benzene rings is 2. The molecule has 0 spiro atoms. The van der Waals surface area contributed by atoms with E-state index in [2.05, 4.69) is 28.2 Å². The molecule has 0 unspecified atom stereocenters. The molecular formula is C19H17BrN4O2. The zero-order valence-electron chi connectivity index (χ0n) is 13.9. The highest BCUT2D eigenvalue weighted by Crippen LogP contribution is 2.27. The first kappa shape index (κ1) is 18.0. The van der Waals surface area contributed by atoms with Gasteiger partial charge in [-0.3, -0.25) is 4.98 Å². The smallest absolute Gasteiger partial charge is 0.390 e. The van der Waals surface area contributed by atoms with Crippen LogP contribution >= 0.6 is 17.0 Å². The third-order valence-corrected chi connectivity index (χ3v) is 4.40. The molecule has 2 heterocycles. The van der Waals surface area contributed by atoms with E-state index in [1.807, 2.05) is 30.5 Å². The topological polar surface area (TPSA) is 73.8 Å². The normalized spacial score (nSPS) is 10.8. The molecule has 0 bridgehead atoms. The van der Waals surface area contributed by atoms with Gasteiger partial charge in [-0.05, 0) is 34.8 Å². The van der Waals surface area contributed by atoms with Crippen molar-refractivity contribution in [3.05, 3.63) is 76.7 Å². The summed E-state index contributed by atoms with van der Waals surface area (Å²) < 4.78 is 1.58. The van der Waals surface area contributed by atoms with E-state index >= 15 is 0 Å². The van der Waals surface area contributed by atoms with Gasteiger partial charge in [0.05, 0.1) is 12.1 Å². The summed E-state index contributed by atoms with van der Waals surface area (Å²) in [6, 6.07) is 14.4. The Morgan fingerprint density at radius 3 is 2.77 bits per heavy atom. The molecule has 0 saturated heterocycles. The zero-order chi connectivity index (χ0) is 17.2. The maximum Gasteiger partial charge on any atom is 0.434 e. The second kappa shape index (κ2) is 7.61. The van der Waals surface area contributed by atoms with Gasteiger partial charge in [-0.25, -0.2) is 4.57 Å². The number of pyridine rings is 1. The number of nitrogens with zero attached hydrogens (tertiary/aromatic N) is 4. The largest absolute Gasteiger partial charge is 0.434 e. The molecule has 0 aliphatic carbocycles. The van der Waals surface area contributed by atoms with Crippen molar-refractivity contribution in [2.24, 2.45) is 0 Å². The highest BCUT2D eigenvalue weighted by atomic mass is 79.9. The molecule has 4 rings (SSSR count). The Kier molecular flexibility index (Phi) is 5.27. The number of fused-ring (bicyclic) bond motifs is 3. The minimum absolute atomic E-state index is 0. The van der Waals surface area contributed by atoms with Crippen molar-refractivity contribution < 1.29 is 4.92 Å². The van der Waals surface area contributed by atoms with Crippen LogP contribution in [0.4, 0.5) is 5.95 Å². The second-order valence-electron chi connectivity index (χ2n) is 5.94. The maximum atomic E-state index is 11.0. The maximum absolute atomic E-state index is 11.0. The molecule has 6 nitrogen and oxygen atoms in total. The molecule has 2 aromatic heterocycles. The number of aromatic nitrogens is 3. The number of aryl methyl sites for hydroxylation is 2. The summed E-state index contributed by atoms with van der Waals surface area (Å²) in [5.74, 6) is -0.106. The van der Waals surface area contributed by atoms with Gasteiger partial charge in [0.2, 0.25) is 0 Å². The van der Waals surface area contributed by atoms with Crippen molar-refractivity contribution in [3.63, 3.8) is 0 Å². The lowest BCUT2D eigenvalue weighted by Crippen LogP contribution is -2.04. The zero-order valence-corrected chi connectivity index (χ0v) is 15.6. The Hall–Kier alpha value is -2.80.